The van der Waals surface area contributed by atoms with E-state index >= 15 is 0 Å². The summed E-state index contributed by atoms with van der Waals surface area (Å²) < 4.78 is 5.72. The first-order chi connectivity index (χ1) is 12.9. The van der Waals surface area contributed by atoms with Crippen molar-refractivity contribution in [2.24, 2.45) is 0 Å². The number of benzene rings is 2. The summed E-state index contributed by atoms with van der Waals surface area (Å²) in [4.78, 5) is 26.0. The highest BCUT2D eigenvalue weighted by molar-refractivity contribution is 5.95. The van der Waals surface area contributed by atoms with E-state index < -0.39 is 0 Å². The molecule has 0 aliphatic carbocycles. The Kier molecular flexibility index (Phi) is 7.41. The van der Waals surface area contributed by atoms with Gasteiger partial charge in [0.05, 0.1) is 11.8 Å². The number of para-hydroxylation sites is 2. The van der Waals surface area contributed by atoms with Gasteiger partial charge in [0.2, 0.25) is 11.8 Å². The highest BCUT2D eigenvalue weighted by Gasteiger charge is 2.15. The van der Waals surface area contributed by atoms with Crippen LogP contribution >= 0.6 is 0 Å². The maximum Gasteiger partial charge on any atom is 0.226 e. The van der Waals surface area contributed by atoms with Crippen molar-refractivity contribution in [1.82, 2.24) is 0 Å². The third-order valence-corrected chi connectivity index (χ3v) is 4.12. The van der Waals surface area contributed by atoms with Crippen molar-refractivity contribution < 1.29 is 14.3 Å². The van der Waals surface area contributed by atoms with E-state index in [0.717, 1.165) is 12.1 Å². The number of rotatable bonds is 8. The molecule has 2 rings (SSSR count). The van der Waals surface area contributed by atoms with Gasteiger partial charge in [-0.1, -0.05) is 31.2 Å². The topological polar surface area (TPSA) is 58.6 Å². The molecule has 0 heterocycles. The van der Waals surface area contributed by atoms with Gasteiger partial charge in [-0.05, 0) is 50.1 Å². The molecule has 27 heavy (non-hydrogen) atoms. The lowest BCUT2D eigenvalue weighted by Crippen LogP contribution is -2.32. The van der Waals surface area contributed by atoms with Gasteiger partial charge >= 0.3 is 0 Å². The van der Waals surface area contributed by atoms with Crippen molar-refractivity contribution in [2.75, 3.05) is 16.8 Å². The average molecular weight is 368 g/mol. The zero-order chi connectivity index (χ0) is 19.8. The van der Waals surface area contributed by atoms with Gasteiger partial charge in [-0.25, -0.2) is 0 Å². The Bertz CT molecular complexity index is 769. The molecule has 2 aromatic carbocycles. The normalized spacial score (nSPS) is 10.6. The minimum atomic E-state index is -0.161. The quantitative estimate of drug-likeness (QED) is 0.750. The van der Waals surface area contributed by atoms with Crippen LogP contribution in [-0.2, 0) is 16.0 Å². The molecule has 0 radical (unpaired) electrons. The maximum atomic E-state index is 12.4. The van der Waals surface area contributed by atoms with Crippen molar-refractivity contribution in [2.45, 2.75) is 46.6 Å². The number of hydrogen-bond donors (Lipinski definition) is 1. The number of nitrogens with zero attached hydrogens (tertiary/aromatic N) is 1. The fourth-order valence-electron chi connectivity index (χ4n) is 2.73. The van der Waals surface area contributed by atoms with Gasteiger partial charge in [-0.2, -0.15) is 0 Å². The average Bonchev–Trinajstić information content (AvgIpc) is 2.63. The Morgan fingerprint density at radius 3 is 2.33 bits per heavy atom. The maximum absolute atomic E-state index is 12.4. The van der Waals surface area contributed by atoms with Gasteiger partial charge in [-0.3, -0.25) is 9.59 Å². The molecule has 0 saturated heterocycles. The van der Waals surface area contributed by atoms with Gasteiger partial charge in [0.1, 0.15) is 5.75 Å². The predicted octanol–water partition coefficient (Wildman–Crippen LogP) is 4.42. The molecule has 2 amide bonds. The first-order valence-corrected chi connectivity index (χ1v) is 9.33. The van der Waals surface area contributed by atoms with E-state index in [1.807, 2.05) is 62.4 Å². The molecule has 5 heteroatoms. The number of carbonyl (C=O) groups is 2. The zero-order valence-corrected chi connectivity index (χ0v) is 16.5. The van der Waals surface area contributed by atoms with E-state index in [2.05, 4.69) is 12.2 Å². The summed E-state index contributed by atoms with van der Waals surface area (Å²) in [5.41, 5.74) is 2.65. The second kappa shape index (κ2) is 9.76. The lowest BCUT2D eigenvalue weighted by Gasteiger charge is -2.21. The van der Waals surface area contributed by atoms with E-state index in [4.69, 9.17) is 4.74 Å². The minimum absolute atomic E-state index is 0.0161. The lowest BCUT2D eigenvalue weighted by molar-refractivity contribution is -0.117. The van der Waals surface area contributed by atoms with Crippen LogP contribution in [0.3, 0.4) is 0 Å². The first kappa shape index (κ1) is 20.5. The number of anilines is 2. The molecule has 0 bridgehead atoms. The van der Waals surface area contributed by atoms with Crippen LogP contribution in [-0.4, -0.2) is 24.5 Å². The van der Waals surface area contributed by atoms with Crippen molar-refractivity contribution >= 4 is 23.2 Å². The molecule has 2 aromatic rings. The van der Waals surface area contributed by atoms with Crippen LogP contribution in [0.2, 0.25) is 0 Å². The SMILES string of the molecule is CCc1ccc(N(CCC(=O)Nc2ccccc2OC(C)C)C(C)=O)cc1. The smallest absolute Gasteiger partial charge is 0.226 e. The summed E-state index contributed by atoms with van der Waals surface area (Å²) in [6.07, 6.45) is 1.16. The van der Waals surface area contributed by atoms with Crippen LogP contribution in [0.1, 0.15) is 39.7 Å². The molecule has 0 aliphatic rings. The minimum Gasteiger partial charge on any atom is -0.489 e. The van der Waals surface area contributed by atoms with E-state index in [1.54, 1.807) is 4.90 Å². The summed E-state index contributed by atoms with van der Waals surface area (Å²) in [6, 6.07) is 15.2. The van der Waals surface area contributed by atoms with Crippen molar-refractivity contribution in [3.8, 4) is 5.75 Å². The Labute approximate surface area is 161 Å². The van der Waals surface area contributed by atoms with Crippen LogP contribution in [0.4, 0.5) is 11.4 Å². The number of aryl methyl sites for hydroxylation is 1. The highest BCUT2D eigenvalue weighted by Crippen LogP contribution is 2.25. The summed E-state index contributed by atoms with van der Waals surface area (Å²) >= 11 is 0. The fraction of sp³-hybridized carbons (Fsp3) is 0.364. The van der Waals surface area contributed by atoms with Crippen LogP contribution in [0, 0.1) is 0 Å². The molecular weight excluding hydrogens is 340 g/mol. The van der Waals surface area contributed by atoms with Gasteiger partial charge in [-0.15, -0.1) is 0 Å². The van der Waals surface area contributed by atoms with Crippen LogP contribution in [0.25, 0.3) is 0 Å². The molecule has 0 aliphatic heterocycles. The van der Waals surface area contributed by atoms with E-state index in [0.29, 0.717) is 18.0 Å². The predicted molar refractivity (Wildman–Crippen MR) is 109 cm³/mol. The van der Waals surface area contributed by atoms with Gasteiger partial charge < -0.3 is 15.0 Å². The second-order valence-corrected chi connectivity index (χ2v) is 6.65. The Morgan fingerprint density at radius 1 is 1.07 bits per heavy atom. The van der Waals surface area contributed by atoms with Crippen molar-refractivity contribution in [3.63, 3.8) is 0 Å². The highest BCUT2D eigenvalue weighted by atomic mass is 16.5. The lowest BCUT2D eigenvalue weighted by atomic mass is 10.1. The van der Waals surface area contributed by atoms with Gasteiger partial charge in [0.25, 0.3) is 0 Å². The van der Waals surface area contributed by atoms with Gasteiger partial charge in [0, 0.05) is 25.6 Å². The monoisotopic (exact) mass is 368 g/mol. The van der Waals surface area contributed by atoms with E-state index in [-0.39, 0.29) is 24.3 Å². The van der Waals surface area contributed by atoms with Crippen molar-refractivity contribution in [1.29, 1.82) is 0 Å². The second-order valence-electron chi connectivity index (χ2n) is 6.65. The number of amides is 2. The summed E-state index contributed by atoms with van der Waals surface area (Å²) in [5.74, 6) is 0.390. The van der Waals surface area contributed by atoms with Crippen LogP contribution in [0.5, 0.6) is 5.75 Å². The molecule has 1 N–H and O–H groups in total. The molecule has 5 nitrogen and oxygen atoms in total. The summed E-state index contributed by atoms with van der Waals surface area (Å²) in [7, 11) is 0. The molecule has 0 fully saturated rings. The Balaban J connectivity index is 2.01. The van der Waals surface area contributed by atoms with Crippen LogP contribution in [0.15, 0.2) is 48.5 Å². The summed E-state index contributed by atoms with van der Waals surface area (Å²) in [5, 5.41) is 2.88. The standard InChI is InChI=1S/C22H28N2O3/c1-5-18-10-12-19(13-11-18)24(17(4)25)15-14-22(26)23-20-8-6-7-9-21(20)27-16(2)3/h6-13,16H,5,14-15H2,1-4H3,(H,23,26). The largest absolute Gasteiger partial charge is 0.489 e. The first-order valence-electron chi connectivity index (χ1n) is 9.33. The number of ether oxygens (including phenoxy) is 1. The fourth-order valence-corrected chi connectivity index (χ4v) is 2.73. The van der Waals surface area contributed by atoms with E-state index in [9.17, 15) is 9.59 Å². The molecule has 0 aromatic heterocycles. The number of nitrogens with one attached hydrogen (secondary N) is 1. The zero-order valence-electron chi connectivity index (χ0n) is 16.5. The van der Waals surface area contributed by atoms with Crippen LogP contribution < -0.4 is 15.0 Å². The number of carbonyl (C=O) groups excluding carboxylic acids is 2. The molecule has 0 saturated carbocycles. The van der Waals surface area contributed by atoms with E-state index in [1.165, 1.54) is 12.5 Å². The van der Waals surface area contributed by atoms with Crippen molar-refractivity contribution in [3.05, 3.63) is 54.1 Å². The molecule has 144 valence electrons. The third-order valence-electron chi connectivity index (χ3n) is 4.12. The molecule has 0 spiro atoms. The van der Waals surface area contributed by atoms with Gasteiger partial charge in [0.15, 0.2) is 0 Å². The molecule has 0 unspecified atom stereocenters. The molecule has 0 atom stereocenters. The third kappa shape index (κ3) is 6.13. The number of hydrogen-bond acceptors (Lipinski definition) is 3. The summed E-state index contributed by atoms with van der Waals surface area (Å²) in [6.45, 7) is 7.79. The Hall–Kier alpha value is -2.82. The molecular formula is C22H28N2O3. The Morgan fingerprint density at radius 2 is 1.74 bits per heavy atom.